The quantitative estimate of drug-likeness (QED) is 0.793. The van der Waals surface area contributed by atoms with E-state index in [-0.39, 0.29) is 5.56 Å². The highest BCUT2D eigenvalue weighted by molar-refractivity contribution is 5.97. The normalized spacial score (nSPS) is 11.9. The average Bonchev–Trinajstić information content (AvgIpc) is 2.21. The molecule has 1 unspecified atom stereocenters. The lowest BCUT2D eigenvalue weighted by Gasteiger charge is -2.09. The van der Waals surface area contributed by atoms with Crippen molar-refractivity contribution in [1.82, 2.24) is 5.32 Å². The zero-order chi connectivity index (χ0) is 12.3. The molecule has 1 atom stereocenters. The van der Waals surface area contributed by atoms with Gasteiger partial charge in [0.25, 0.3) is 5.91 Å². The Kier molecular flexibility index (Phi) is 3.55. The van der Waals surface area contributed by atoms with Crippen LogP contribution in [0.3, 0.4) is 0 Å². The topological polar surface area (TPSA) is 72.2 Å². The average molecular weight is 228 g/mol. The van der Waals surface area contributed by atoms with Crippen LogP contribution in [0.4, 0.5) is 8.78 Å². The number of halogens is 2. The first-order chi connectivity index (χ1) is 7.41. The number of benzene rings is 1. The van der Waals surface area contributed by atoms with Gasteiger partial charge in [-0.2, -0.15) is 0 Å². The van der Waals surface area contributed by atoms with E-state index in [4.69, 9.17) is 5.73 Å². The summed E-state index contributed by atoms with van der Waals surface area (Å²) in [5.41, 5.74) is 4.85. The minimum atomic E-state index is -1.13. The lowest BCUT2D eigenvalue weighted by molar-refractivity contribution is -0.119. The van der Waals surface area contributed by atoms with Gasteiger partial charge in [0.15, 0.2) is 11.6 Å². The molecule has 0 radical (unpaired) electrons. The lowest BCUT2D eigenvalue weighted by Crippen LogP contribution is -2.42. The van der Waals surface area contributed by atoms with E-state index in [2.05, 4.69) is 5.32 Å². The Balaban J connectivity index is 2.81. The summed E-state index contributed by atoms with van der Waals surface area (Å²) in [6.45, 7) is 1.39. The number of carbonyl (C=O) groups excluding carboxylic acids is 2. The molecule has 0 saturated carbocycles. The molecule has 6 heteroatoms. The highest BCUT2D eigenvalue weighted by Gasteiger charge is 2.14. The third-order valence-corrected chi connectivity index (χ3v) is 1.96. The van der Waals surface area contributed by atoms with Gasteiger partial charge in [0.05, 0.1) is 0 Å². The highest BCUT2D eigenvalue weighted by atomic mass is 19.2. The molecule has 4 nitrogen and oxygen atoms in total. The van der Waals surface area contributed by atoms with E-state index >= 15 is 0 Å². The van der Waals surface area contributed by atoms with E-state index in [9.17, 15) is 18.4 Å². The summed E-state index contributed by atoms with van der Waals surface area (Å²) in [6, 6.07) is 1.82. The molecule has 2 amide bonds. The van der Waals surface area contributed by atoms with E-state index in [0.29, 0.717) is 0 Å². The Morgan fingerprint density at radius 2 is 1.94 bits per heavy atom. The van der Waals surface area contributed by atoms with Crippen molar-refractivity contribution in [3.63, 3.8) is 0 Å². The fourth-order valence-corrected chi connectivity index (χ4v) is 0.988. The molecule has 0 aromatic heterocycles. The van der Waals surface area contributed by atoms with Gasteiger partial charge in [0.1, 0.15) is 6.04 Å². The highest BCUT2D eigenvalue weighted by Crippen LogP contribution is 2.08. The maximum Gasteiger partial charge on any atom is 0.252 e. The Morgan fingerprint density at radius 3 is 2.44 bits per heavy atom. The number of primary amides is 1. The molecule has 0 saturated heterocycles. The van der Waals surface area contributed by atoms with Gasteiger partial charge < -0.3 is 11.1 Å². The Labute approximate surface area is 90.4 Å². The van der Waals surface area contributed by atoms with Crippen LogP contribution in [0.15, 0.2) is 18.2 Å². The van der Waals surface area contributed by atoms with Gasteiger partial charge in [-0.15, -0.1) is 0 Å². The largest absolute Gasteiger partial charge is 0.368 e. The molecular weight excluding hydrogens is 218 g/mol. The minimum absolute atomic E-state index is 0.0769. The van der Waals surface area contributed by atoms with Crippen molar-refractivity contribution in [3.8, 4) is 0 Å². The number of hydrogen-bond acceptors (Lipinski definition) is 2. The van der Waals surface area contributed by atoms with Crippen LogP contribution < -0.4 is 11.1 Å². The van der Waals surface area contributed by atoms with Crippen LogP contribution in [0.25, 0.3) is 0 Å². The molecule has 86 valence electrons. The van der Waals surface area contributed by atoms with Crippen molar-refractivity contribution < 1.29 is 18.4 Å². The Hall–Kier alpha value is -1.98. The predicted octanol–water partition coefficient (Wildman–Crippen LogP) is 0.568. The maximum atomic E-state index is 12.8. The molecule has 0 aliphatic carbocycles. The first-order valence-electron chi connectivity index (χ1n) is 4.47. The van der Waals surface area contributed by atoms with E-state index in [1.54, 1.807) is 0 Å². The summed E-state index contributed by atoms with van der Waals surface area (Å²) >= 11 is 0. The molecular formula is C10H10F2N2O2. The standard InChI is InChI=1S/C10H10F2N2O2/c1-5(9(13)15)14-10(16)6-2-3-7(11)8(12)4-6/h2-5H,1H3,(H2,13,15)(H,14,16). The third-order valence-electron chi connectivity index (χ3n) is 1.96. The van der Waals surface area contributed by atoms with Crippen molar-refractivity contribution in [3.05, 3.63) is 35.4 Å². The first kappa shape index (κ1) is 12.1. The smallest absolute Gasteiger partial charge is 0.252 e. The summed E-state index contributed by atoms with van der Waals surface area (Å²) < 4.78 is 25.4. The second-order valence-corrected chi connectivity index (χ2v) is 3.23. The van der Waals surface area contributed by atoms with Crippen LogP contribution in [-0.4, -0.2) is 17.9 Å². The van der Waals surface area contributed by atoms with Crippen LogP contribution in [0.1, 0.15) is 17.3 Å². The van der Waals surface area contributed by atoms with E-state index in [1.807, 2.05) is 0 Å². The van der Waals surface area contributed by atoms with Gasteiger partial charge in [-0.3, -0.25) is 9.59 Å². The molecule has 16 heavy (non-hydrogen) atoms. The van der Waals surface area contributed by atoms with Crippen molar-refractivity contribution in [2.75, 3.05) is 0 Å². The van der Waals surface area contributed by atoms with Crippen molar-refractivity contribution in [1.29, 1.82) is 0 Å². The second-order valence-electron chi connectivity index (χ2n) is 3.23. The van der Waals surface area contributed by atoms with Crippen LogP contribution in [0.5, 0.6) is 0 Å². The minimum Gasteiger partial charge on any atom is -0.368 e. The molecule has 0 bridgehead atoms. The number of rotatable bonds is 3. The van der Waals surface area contributed by atoms with Gasteiger partial charge in [-0.05, 0) is 25.1 Å². The van der Waals surface area contributed by atoms with Crippen molar-refractivity contribution in [2.24, 2.45) is 5.73 Å². The van der Waals surface area contributed by atoms with Crippen LogP contribution in [-0.2, 0) is 4.79 Å². The van der Waals surface area contributed by atoms with Gasteiger partial charge in [-0.25, -0.2) is 8.78 Å². The van der Waals surface area contributed by atoms with Crippen LogP contribution >= 0.6 is 0 Å². The predicted molar refractivity (Wildman–Crippen MR) is 52.5 cm³/mol. The Morgan fingerprint density at radius 1 is 1.31 bits per heavy atom. The summed E-state index contributed by atoms with van der Waals surface area (Å²) in [6.07, 6.45) is 0. The molecule has 1 rings (SSSR count). The summed E-state index contributed by atoms with van der Waals surface area (Å²) in [7, 11) is 0. The number of nitrogens with two attached hydrogens (primary N) is 1. The second kappa shape index (κ2) is 4.69. The zero-order valence-corrected chi connectivity index (χ0v) is 8.46. The molecule has 0 spiro atoms. The summed E-state index contributed by atoms with van der Waals surface area (Å²) in [5, 5.41) is 2.24. The molecule has 0 aliphatic rings. The molecule has 1 aromatic rings. The van der Waals surface area contributed by atoms with E-state index in [1.165, 1.54) is 6.92 Å². The van der Waals surface area contributed by atoms with E-state index in [0.717, 1.165) is 18.2 Å². The number of nitrogens with one attached hydrogen (secondary N) is 1. The number of amides is 2. The zero-order valence-electron chi connectivity index (χ0n) is 8.46. The SMILES string of the molecule is CC(NC(=O)c1ccc(F)c(F)c1)C(N)=O. The first-order valence-corrected chi connectivity index (χ1v) is 4.47. The van der Waals surface area contributed by atoms with E-state index < -0.39 is 29.5 Å². The molecule has 0 aliphatic heterocycles. The number of carbonyl (C=O) groups is 2. The van der Waals surface area contributed by atoms with Gasteiger partial charge in [-0.1, -0.05) is 0 Å². The third kappa shape index (κ3) is 2.75. The van der Waals surface area contributed by atoms with Crippen LogP contribution in [0, 0.1) is 11.6 Å². The monoisotopic (exact) mass is 228 g/mol. The fraction of sp³-hybridized carbons (Fsp3) is 0.200. The fourth-order valence-electron chi connectivity index (χ4n) is 0.988. The molecule has 0 heterocycles. The summed E-state index contributed by atoms with van der Waals surface area (Å²) in [5.74, 6) is -3.57. The van der Waals surface area contributed by atoms with Crippen molar-refractivity contribution >= 4 is 11.8 Å². The van der Waals surface area contributed by atoms with Gasteiger partial charge in [0.2, 0.25) is 5.91 Å². The number of hydrogen-bond donors (Lipinski definition) is 2. The lowest BCUT2D eigenvalue weighted by atomic mass is 10.2. The van der Waals surface area contributed by atoms with Crippen LogP contribution in [0.2, 0.25) is 0 Å². The van der Waals surface area contributed by atoms with Gasteiger partial charge in [0, 0.05) is 5.56 Å². The maximum absolute atomic E-state index is 12.8. The summed E-state index contributed by atoms with van der Waals surface area (Å²) in [4.78, 5) is 22.1. The Bertz CT molecular complexity index is 435. The molecule has 3 N–H and O–H groups in total. The van der Waals surface area contributed by atoms with Gasteiger partial charge >= 0.3 is 0 Å². The molecule has 1 aromatic carbocycles. The molecule has 0 fully saturated rings. The van der Waals surface area contributed by atoms with Crippen molar-refractivity contribution in [2.45, 2.75) is 13.0 Å².